The molecular formula is C17H22N4O4. The molecule has 8 heteroatoms. The third-order valence-electron chi connectivity index (χ3n) is 4.48. The molecule has 0 aliphatic carbocycles. The zero-order valence-corrected chi connectivity index (χ0v) is 14.4. The van der Waals surface area contributed by atoms with E-state index in [0.717, 1.165) is 5.56 Å². The molecule has 2 aromatic rings. The quantitative estimate of drug-likeness (QED) is 0.802. The summed E-state index contributed by atoms with van der Waals surface area (Å²) in [6.07, 6.45) is 0.135. The lowest BCUT2D eigenvalue weighted by Crippen LogP contribution is -2.59. The number of aromatic nitrogens is 1. The maximum Gasteiger partial charge on any atom is 0.419 e. The summed E-state index contributed by atoms with van der Waals surface area (Å²) in [6, 6.07) is 4.96. The van der Waals surface area contributed by atoms with Gasteiger partial charge >= 0.3 is 5.76 Å². The van der Waals surface area contributed by atoms with Crippen LogP contribution in [0.5, 0.6) is 0 Å². The molecule has 2 amide bonds. The highest BCUT2D eigenvalue weighted by atomic mass is 16.4. The van der Waals surface area contributed by atoms with Crippen LogP contribution in [0.4, 0.5) is 0 Å². The van der Waals surface area contributed by atoms with Gasteiger partial charge in [0, 0.05) is 39.6 Å². The van der Waals surface area contributed by atoms with Crippen molar-refractivity contribution >= 4 is 22.9 Å². The van der Waals surface area contributed by atoms with Crippen molar-refractivity contribution in [3.05, 3.63) is 34.3 Å². The third-order valence-corrected chi connectivity index (χ3v) is 4.48. The zero-order valence-electron chi connectivity index (χ0n) is 14.4. The summed E-state index contributed by atoms with van der Waals surface area (Å²) in [5.41, 5.74) is 2.20. The SMILES string of the molecule is CNC(=O)[C@@H]1CNCCN1C(=O)CCn1c(=O)oc2ccc(C)cc21. The summed E-state index contributed by atoms with van der Waals surface area (Å²) in [7, 11) is 1.55. The molecule has 0 unspecified atom stereocenters. The minimum Gasteiger partial charge on any atom is -0.408 e. The van der Waals surface area contributed by atoms with E-state index in [4.69, 9.17) is 4.42 Å². The Hall–Kier alpha value is -2.61. The molecule has 134 valence electrons. The molecule has 25 heavy (non-hydrogen) atoms. The van der Waals surface area contributed by atoms with Crippen LogP contribution in [0, 0.1) is 6.92 Å². The van der Waals surface area contributed by atoms with Crippen molar-refractivity contribution in [2.45, 2.75) is 25.9 Å². The van der Waals surface area contributed by atoms with Crippen LogP contribution in [0.3, 0.4) is 0 Å². The van der Waals surface area contributed by atoms with Gasteiger partial charge in [0.15, 0.2) is 5.58 Å². The second-order valence-corrected chi connectivity index (χ2v) is 6.16. The highest BCUT2D eigenvalue weighted by molar-refractivity contribution is 5.88. The first-order valence-electron chi connectivity index (χ1n) is 8.33. The Labute approximate surface area is 144 Å². The van der Waals surface area contributed by atoms with E-state index < -0.39 is 11.8 Å². The first-order chi connectivity index (χ1) is 12.0. The number of carbonyl (C=O) groups is 2. The lowest BCUT2D eigenvalue weighted by Gasteiger charge is -2.35. The second kappa shape index (κ2) is 7.10. The van der Waals surface area contributed by atoms with Gasteiger partial charge in [-0.25, -0.2) is 4.79 Å². The van der Waals surface area contributed by atoms with Crippen molar-refractivity contribution < 1.29 is 14.0 Å². The van der Waals surface area contributed by atoms with Gasteiger partial charge in [-0.1, -0.05) is 6.07 Å². The van der Waals surface area contributed by atoms with Gasteiger partial charge in [-0.05, 0) is 24.6 Å². The number of nitrogens with one attached hydrogen (secondary N) is 2. The molecule has 1 atom stereocenters. The molecule has 1 aliphatic rings. The Morgan fingerprint density at radius 1 is 1.40 bits per heavy atom. The molecule has 2 heterocycles. The number of fused-ring (bicyclic) bond motifs is 1. The fraction of sp³-hybridized carbons (Fsp3) is 0.471. The van der Waals surface area contributed by atoms with Crippen LogP contribution in [0.2, 0.25) is 0 Å². The number of benzene rings is 1. The molecule has 0 spiro atoms. The summed E-state index contributed by atoms with van der Waals surface area (Å²) in [4.78, 5) is 38.2. The van der Waals surface area contributed by atoms with E-state index in [0.29, 0.717) is 30.7 Å². The summed E-state index contributed by atoms with van der Waals surface area (Å²) in [5.74, 6) is -0.817. The number of rotatable bonds is 4. The van der Waals surface area contributed by atoms with Crippen LogP contribution in [-0.2, 0) is 16.1 Å². The number of oxazole rings is 1. The Morgan fingerprint density at radius 3 is 2.96 bits per heavy atom. The van der Waals surface area contributed by atoms with Crippen LogP contribution < -0.4 is 16.4 Å². The van der Waals surface area contributed by atoms with Crippen LogP contribution in [0.15, 0.2) is 27.4 Å². The fourth-order valence-corrected chi connectivity index (χ4v) is 3.14. The summed E-state index contributed by atoms with van der Waals surface area (Å²) < 4.78 is 6.69. The smallest absolute Gasteiger partial charge is 0.408 e. The molecule has 1 aromatic carbocycles. The molecule has 0 bridgehead atoms. The molecule has 1 aromatic heterocycles. The minimum absolute atomic E-state index is 0.135. The van der Waals surface area contributed by atoms with E-state index in [-0.39, 0.29) is 24.8 Å². The Kier molecular flexibility index (Phi) is 4.89. The minimum atomic E-state index is -0.522. The van der Waals surface area contributed by atoms with Gasteiger partial charge in [0.25, 0.3) is 0 Å². The van der Waals surface area contributed by atoms with Gasteiger partial charge in [-0.15, -0.1) is 0 Å². The number of amides is 2. The number of nitrogens with zero attached hydrogens (tertiary/aromatic N) is 2. The molecule has 1 fully saturated rings. The molecule has 1 saturated heterocycles. The number of hydrogen-bond donors (Lipinski definition) is 2. The van der Waals surface area contributed by atoms with Crippen molar-refractivity contribution in [2.24, 2.45) is 0 Å². The second-order valence-electron chi connectivity index (χ2n) is 6.16. The van der Waals surface area contributed by atoms with E-state index in [1.54, 1.807) is 18.0 Å². The van der Waals surface area contributed by atoms with E-state index >= 15 is 0 Å². The number of aryl methyl sites for hydroxylation is 2. The van der Waals surface area contributed by atoms with Gasteiger partial charge in [-0.2, -0.15) is 0 Å². The fourth-order valence-electron chi connectivity index (χ4n) is 3.14. The zero-order chi connectivity index (χ0) is 18.0. The van der Waals surface area contributed by atoms with Crippen molar-refractivity contribution in [1.82, 2.24) is 20.1 Å². The molecular weight excluding hydrogens is 324 g/mol. The predicted molar refractivity (Wildman–Crippen MR) is 92.3 cm³/mol. The van der Waals surface area contributed by atoms with Crippen LogP contribution >= 0.6 is 0 Å². The highest BCUT2D eigenvalue weighted by Gasteiger charge is 2.31. The van der Waals surface area contributed by atoms with Crippen molar-refractivity contribution in [3.8, 4) is 0 Å². The van der Waals surface area contributed by atoms with E-state index in [1.165, 1.54) is 4.57 Å². The van der Waals surface area contributed by atoms with Crippen LogP contribution in [-0.4, -0.2) is 54.0 Å². The molecule has 2 N–H and O–H groups in total. The van der Waals surface area contributed by atoms with Crippen molar-refractivity contribution in [2.75, 3.05) is 26.7 Å². The maximum absolute atomic E-state index is 12.6. The van der Waals surface area contributed by atoms with E-state index in [9.17, 15) is 14.4 Å². The standard InChI is InChI=1S/C17H22N4O4/c1-11-3-4-14-12(9-11)21(17(24)25-14)7-5-15(22)20-8-6-19-10-13(20)16(23)18-2/h3-4,9,13,19H,5-8,10H2,1-2H3,(H,18,23)/t13-/m0/s1. The normalized spacial score (nSPS) is 17.7. The number of likely N-dealkylation sites (N-methyl/N-ethyl adjacent to an activating group) is 1. The first-order valence-corrected chi connectivity index (χ1v) is 8.33. The molecule has 0 saturated carbocycles. The average Bonchev–Trinajstić information content (AvgIpc) is 2.93. The maximum atomic E-state index is 12.6. The molecule has 0 radical (unpaired) electrons. The molecule has 8 nitrogen and oxygen atoms in total. The van der Waals surface area contributed by atoms with Crippen LogP contribution in [0.25, 0.3) is 11.1 Å². The summed E-state index contributed by atoms with van der Waals surface area (Å²) in [6.45, 7) is 3.70. The number of carbonyl (C=O) groups excluding carboxylic acids is 2. The van der Waals surface area contributed by atoms with Gasteiger partial charge in [0.2, 0.25) is 11.8 Å². The third kappa shape index (κ3) is 3.43. The van der Waals surface area contributed by atoms with Crippen molar-refractivity contribution in [3.63, 3.8) is 0 Å². The monoisotopic (exact) mass is 346 g/mol. The summed E-state index contributed by atoms with van der Waals surface area (Å²) in [5, 5.41) is 5.70. The Bertz CT molecular complexity index is 854. The topological polar surface area (TPSA) is 96.6 Å². The molecule has 1 aliphatic heterocycles. The van der Waals surface area contributed by atoms with E-state index in [2.05, 4.69) is 10.6 Å². The van der Waals surface area contributed by atoms with Crippen LogP contribution in [0.1, 0.15) is 12.0 Å². The Balaban J connectivity index is 1.76. The van der Waals surface area contributed by atoms with Gasteiger partial charge in [-0.3, -0.25) is 14.2 Å². The number of hydrogen-bond acceptors (Lipinski definition) is 5. The highest BCUT2D eigenvalue weighted by Crippen LogP contribution is 2.15. The van der Waals surface area contributed by atoms with Gasteiger partial charge in [0.1, 0.15) is 6.04 Å². The van der Waals surface area contributed by atoms with E-state index in [1.807, 2.05) is 19.1 Å². The van der Waals surface area contributed by atoms with Crippen molar-refractivity contribution in [1.29, 1.82) is 0 Å². The molecule has 3 rings (SSSR count). The van der Waals surface area contributed by atoms with Gasteiger partial charge < -0.3 is 20.0 Å². The Morgan fingerprint density at radius 2 is 2.20 bits per heavy atom. The number of piperazine rings is 1. The van der Waals surface area contributed by atoms with Gasteiger partial charge in [0.05, 0.1) is 5.52 Å². The predicted octanol–water partition coefficient (Wildman–Crippen LogP) is -0.161. The summed E-state index contributed by atoms with van der Waals surface area (Å²) >= 11 is 0. The first kappa shape index (κ1) is 17.2. The lowest BCUT2D eigenvalue weighted by molar-refractivity contribution is -0.141. The largest absolute Gasteiger partial charge is 0.419 e. The lowest BCUT2D eigenvalue weighted by atomic mass is 10.1. The average molecular weight is 346 g/mol.